The average molecular weight is 167 g/mol. The highest BCUT2D eigenvalue weighted by Crippen LogP contribution is 2.07. The van der Waals surface area contributed by atoms with Gasteiger partial charge in [0.15, 0.2) is 0 Å². The highest BCUT2D eigenvalue weighted by Gasteiger charge is 1.96. The van der Waals surface area contributed by atoms with Gasteiger partial charge in [-0.3, -0.25) is 10.1 Å². The molecule has 1 aromatic rings. The van der Waals surface area contributed by atoms with Gasteiger partial charge in [0.1, 0.15) is 5.82 Å². The van der Waals surface area contributed by atoms with Crippen LogP contribution in [0.5, 0.6) is 0 Å². The quantitative estimate of drug-likeness (QED) is 0.499. The van der Waals surface area contributed by atoms with Crippen molar-refractivity contribution in [2.24, 2.45) is 0 Å². The molecule has 0 atom stereocenters. The van der Waals surface area contributed by atoms with Crippen LogP contribution in [0.3, 0.4) is 0 Å². The maximum absolute atomic E-state index is 12.8. The Kier molecular flexibility index (Phi) is 2.53. The number of benzene rings is 1. The van der Waals surface area contributed by atoms with Gasteiger partial charge in [-0.25, -0.2) is 4.39 Å². The van der Waals surface area contributed by atoms with Crippen LogP contribution in [0, 0.1) is 15.9 Å². The van der Waals surface area contributed by atoms with Gasteiger partial charge in [0, 0.05) is 11.6 Å². The molecule has 0 bridgehead atoms. The second-order valence-electron chi connectivity index (χ2n) is 2.12. The third kappa shape index (κ3) is 2.16. The van der Waals surface area contributed by atoms with Gasteiger partial charge < -0.3 is 0 Å². The minimum Gasteiger partial charge on any atom is -0.259 e. The van der Waals surface area contributed by atoms with Crippen molar-refractivity contribution in [2.75, 3.05) is 0 Å². The lowest BCUT2D eigenvalue weighted by molar-refractivity contribution is -0.400. The summed E-state index contributed by atoms with van der Waals surface area (Å²) in [5, 5.41) is 9.88. The number of nitro groups is 1. The molecule has 12 heavy (non-hydrogen) atoms. The first-order valence-electron chi connectivity index (χ1n) is 3.26. The van der Waals surface area contributed by atoms with Gasteiger partial charge in [-0.05, 0) is 6.07 Å². The topological polar surface area (TPSA) is 43.1 Å². The first-order valence-corrected chi connectivity index (χ1v) is 3.26. The van der Waals surface area contributed by atoms with E-state index >= 15 is 0 Å². The van der Waals surface area contributed by atoms with Crippen molar-refractivity contribution < 1.29 is 9.31 Å². The van der Waals surface area contributed by atoms with E-state index < -0.39 is 10.7 Å². The molecule has 0 aliphatic heterocycles. The average Bonchev–Trinajstić information content (AvgIpc) is 2.03. The first-order chi connectivity index (χ1) is 5.70. The van der Waals surface area contributed by atoms with E-state index in [1.807, 2.05) is 0 Å². The second kappa shape index (κ2) is 3.61. The van der Waals surface area contributed by atoms with Crippen LogP contribution in [0.1, 0.15) is 5.56 Å². The van der Waals surface area contributed by atoms with Gasteiger partial charge in [-0.15, -0.1) is 0 Å². The number of halogens is 1. The number of rotatable bonds is 2. The Morgan fingerprint density at radius 1 is 1.42 bits per heavy atom. The van der Waals surface area contributed by atoms with Gasteiger partial charge in [0.2, 0.25) is 6.20 Å². The highest BCUT2D eigenvalue weighted by molar-refractivity contribution is 5.48. The van der Waals surface area contributed by atoms with Crippen LogP contribution in [-0.2, 0) is 0 Å². The SMILES string of the molecule is O=[N+]([O-])/C=C/c1ccccc1F. The van der Waals surface area contributed by atoms with Crippen molar-refractivity contribution >= 4 is 6.08 Å². The van der Waals surface area contributed by atoms with Crippen molar-refractivity contribution in [1.82, 2.24) is 0 Å². The summed E-state index contributed by atoms with van der Waals surface area (Å²) in [5.41, 5.74) is 0.217. The summed E-state index contributed by atoms with van der Waals surface area (Å²) >= 11 is 0. The third-order valence-electron chi connectivity index (χ3n) is 1.28. The van der Waals surface area contributed by atoms with Gasteiger partial charge in [-0.1, -0.05) is 18.2 Å². The largest absolute Gasteiger partial charge is 0.259 e. The Labute approximate surface area is 68.3 Å². The number of hydrogen-bond acceptors (Lipinski definition) is 2. The summed E-state index contributed by atoms with van der Waals surface area (Å²) in [7, 11) is 0. The molecule has 0 aliphatic carbocycles. The Hall–Kier alpha value is -1.71. The van der Waals surface area contributed by atoms with Crippen LogP contribution < -0.4 is 0 Å². The van der Waals surface area contributed by atoms with Crippen LogP contribution in [0.25, 0.3) is 6.08 Å². The molecule has 4 heteroatoms. The summed E-state index contributed by atoms with van der Waals surface area (Å²) in [6, 6.07) is 5.86. The molecule has 0 N–H and O–H groups in total. The van der Waals surface area contributed by atoms with E-state index in [-0.39, 0.29) is 5.56 Å². The zero-order chi connectivity index (χ0) is 8.97. The molecule has 0 aromatic heterocycles. The monoisotopic (exact) mass is 167 g/mol. The molecule has 0 radical (unpaired) electrons. The lowest BCUT2D eigenvalue weighted by Crippen LogP contribution is -1.84. The van der Waals surface area contributed by atoms with E-state index in [2.05, 4.69) is 0 Å². The van der Waals surface area contributed by atoms with E-state index in [1.165, 1.54) is 18.2 Å². The van der Waals surface area contributed by atoms with Gasteiger partial charge in [-0.2, -0.15) is 0 Å². The summed E-state index contributed by atoms with van der Waals surface area (Å²) in [6.45, 7) is 0. The van der Waals surface area contributed by atoms with Crippen molar-refractivity contribution in [3.63, 3.8) is 0 Å². The summed E-state index contributed by atoms with van der Waals surface area (Å²) in [6.07, 6.45) is 1.83. The van der Waals surface area contributed by atoms with E-state index in [1.54, 1.807) is 6.07 Å². The van der Waals surface area contributed by atoms with Crippen LogP contribution in [-0.4, -0.2) is 4.92 Å². The fraction of sp³-hybridized carbons (Fsp3) is 0. The molecular formula is C8H6FNO2. The molecular weight excluding hydrogens is 161 g/mol. The Morgan fingerprint density at radius 2 is 2.08 bits per heavy atom. The molecule has 0 amide bonds. The summed E-state index contributed by atoms with van der Waals surface area (Å²) in [4.78, 5) is 9.25. The zero-order valence-corrected chi connectivity index (χ0v) is 6.11. The fourth-order valence-electron chi connectivity index (χ4n) is 0.751. The Morgan fingerprint density at radius 3 is 2.67 bits per heavy atom. The second-order valence-corrected chi connectivity index (χ2v) is 2.12. The zero-order valence-electron chi connectivity index (χ0n) is 6.11. The third-order valence-corrected chi connectivity index (χ3v) is 1.28. The van der Waals surface area contributed by atoms with Crippen molar-refractivity contribution in [3.05, 3.63) is 52.0 Å². The molecule has 0 fully saturated rings. The van der Waals surface area contributed by atoms with Crippen LogP contribution in [0.4, 0.5) is 4.39 Å². The molecule has 3 nitrogen and oxygen atoms in total. The minimum atomic E-state index is -0.632. The molecule has 0 saturated heterocycles. The minimum absolute atomic E-state index is 0.217. The maximum Gasteiger partial charge on any atom is 0.235 e. The Balaban J connectivity index is 2.89. The van der Waals surface area contributed by atoms with E-state index in [4.69, 9.17) is 0 Å². The van der Waals surface area contributed by atoms with E-state index in [0.717, 1.165) is 6.08 Å². The molecule has 0 saturated carbocycles. The van der Waals surface area contributed by atoms with Gasteiger partial charge in [0.05, 0.1) is 4.92 Å². The van der Waals surface area contributed by atoms with Crippen molar-refractivity contribution in [2.45, 2.75) is 0 Å². The molecule has 0 spiro atoms. The predicted molar refractivity (Wildman–Crippen MR) is 42.4 cm³/mol. The smallest absolute Gasteiger partial charge is 0.235 e. The molecule has 0 heterocycles. The molecule has 1 rings (SSSR count). The molecule has 1 aromatic carbocycles. The Bertz CT molecular complexity index is 323. The molecule has 0 aliphatic rings. The van der Waals surface area contributed by atoms with Crippen molar-refractivity contribution in [3.8, 4) is 0 Å². The standard InChI is InChI=1S/C8H6FNO2/c9-8-4-2-1-3-7(8)5-6-10(11)12/h1-6H/b6-5+. The highest BCUT2D eigenvalue weighted by atomic mass is 19.1. The summed E-state index contributed by atoms with van der Waals surface area (Å²) in [5.74, 6) is -0.462. The van der Waals surface area contributed by atoms with Gasteiger partial charge >= 0.3 is 0 Å². The van der Waals surface area contributed by atoms with Crippen molar-refractivity contribution in [1.29, 1.82) is 0 Å². The molecule has 62 valence electrons. The molecule has 0 unspecified atom stereocenters. The predicted octanol–water partition coefficient (Wildman–Crippen LogP) is 2.07. The fourth-order valence-corrected chi connectivity index (χ4v) is 0.751. The maximum atomic E-state index is 12.8. The number of hydrogen-bond donors (Lipinski definition) is 0. The lowest BCUT2D eigenvalue weighted by atomic mass is 10.2. The van der Waals surface area contributed by atoms with Crippen LogP contribution >= 0.6 is 0 Å². The summed E-state index contributed by atoms with van der Waals surface area (Å²) < 4.78 is 12.8. The lowest BCUT2D eigenvalue weighted by Gasteiger charge is -1.91. The van der Waals surface area contributed by atoms with E-state index in [9.17, 15) is 14.5 Å². The van der Waals surface area contributed by atoms with Gasteiger partial charge in [0.25, 0.3) is 0 Å². The van der Waals surface area contributed by atoms with Crippen LogP contribution in [0.15, 0.2) is 30.5 Å². The normalized spacial score (nSPS) is 10.4. The first kappa shape index (κ1) is 8.39. The van der Waals surface area contributed by atoms with E-state index in [0.29, 0.717) is 6.20 Å². The van der Waals surface area contributed by atoms with Crippen LogP contribution in [0.2, 0.25) is 0 Å². The number of nitrogens with zero attached hydrogens (tertiary/aromatic N) is 1.